The first-order valence-corrected chi connectivity index (χ1v) is 9.20. The molecule has 2 aliphatic heterocycles. The maximum atomic E-state index is 13.0. The Morgan fingerprint density at radius 1 is 1.31 bits per heavy atom. The molecule has 1 amide bonds. The predicted octanol–water partition coefficient (Wildman–Crippen LogP) is 2.32. The Morgan fingerprint density at radius 3 is 2.69 bits per heavy atom. The van der Waals surface area contributed by atoms with Crippen LogP contribution in [-0.2, 0) is 16.6 Å². The second kappa shape index (κ2) is 6.19. The van der Waals surface area contributed by atoms with E-state index in [1.165, 1.54) is 0 Å². The lowest BCUT2D eigenvalue weighted by molar-refractivity contribution is -0.00703. The van der Waals surface area contributed by atoms with E-state index in [9.17, 15) is 4.79 Å². The van der Waals surface area contributed by atoms with Gasteiger partial charge in [0, 0.05) is 25.1 Å². The fourth-order valence-electron chi connectivity index (χ4n) is 3.96. The molecule has 4 heterocycles. The highest BCUT2D eigenvalue weighted by Gasteiger charge is 2.39. The maximum absolute atomic E-state index is 13.0. The van der Waals surface area contributed by atoms with Gasteiger partial charge in [-0.1, -0.05) is 12.1 Å². The molecule has 8 heteroatoms. The molecule has 0 aromatic carbocycles. The van der Waals surface area contributed by atoms with Gasteiger partial charge in [0.1, 0.15) is 0 Å². The number of piperidine rings is 1. The summed E-state index contributed by atoms with van der Waals surface area (Å²) in [5.74, 6) is 1.31. The SMILES string of the molecule is Cc1noc(C2(C)CCN(C(=O)c3n[nH]c4c3C[C@@H](C)O[C@H]4C)CC2)n1. The molecule has 2 aromatic rings. The Kier molecular flexibility index (Phi) is 4.10. The molecule has 4 rings (SSSR count). The van der Waals surface area contributed by atoms with Crippen LogP contribution in [0.5, 0.6) is 0 Å². The van der Waals surface area contributed by atoms with Crippen LogP contribution in [0.15, 0.2) is 4.52 Å². The minimum atomic E-state index is -0.181. The smallest absolute Gasteiger partial charge is 0.274 e. The summed E-state index contributed by atoms with van der Waals surface area (Å²) in [4.78, 5) is 19.3. The summed E-state index contributed by atoms with van der Waals surface area (Å²) in [6.45, 7) is 9.26. The summed E-state index contributed by atoms with van der Waals surface area (Å²) in [6.07, 6.45) is 2.33. The minimum absolute atomic E-state index is 0.00689. The van der Waals surface area contributed by atoms with Crippen LogP contribution in [0.3, 0.4) is 0 Å². The number of nitrogens with one attached hydrogen (secondary N) is 1. The predicted molar refractivity (Wildman–Crippen MR) is 92.8 cm³/mol. The van der Waals surface area contributed by atoms with Crippen LogP contribution in [0.2, 0.25) is 0 Å². The van der Waals surface area contributed by atoms with Crippen molar-refractivity contribution in [3.8, 4) is 0 Å². The Labute approximate surface area is 152 Å². The average molecular weight is 359 g/mol. The first-order valence-electron chi connectivity index (χ1n) is 9.20. The number of amides is 1. The van der Waals surface area contributed by atoms with Gasteiger partial charge in [-0.2, -0.15) is 10.1 Å². The summed E-state index contributed by atoms with van der Waals surface area (Å²) in [5.41, 5.74) is 2.29. The molecule has 0 unspecified atom stereocenters. The van der Waals surface area contributed by atoms with E-state index in [1.807, 2.05) is 25.7 Å². The van der Waals surface area contributed by atoms with Crippen molar-refractivity contribution in [3.63, 3.8) is 0 Å². The van der Waals surface area contributed by atoms with Gasteiger partial charge in [-0.05, 0) is 33.6 Å². The Morgan fingerprint density at radius 2 is 2.04 bits per heavy atom. The van der Waals surface area contributed by atoms with Crippen molar-refractivity contribution in [3.05, 3.63) is 28.7 Å². The lowest BCUT2D eigenvalue weighted by Gasteiger charge is -2.36. The highest BCUT2D eigenvalue weighted by atomic mass is 16.5. The number of carbonyl (C=O) groups excluding carboxylic acids is 1. The van der Waals surface area contributed by atoms with E-state index in [-0.39, 0.29) is 23.5 Å². The molecule has 1 N–H and O–H groups in total. The van der Waals surface area contributed by atoms with Gasteiger partial charge in [-0.3, -0.25) is 9.89 Å². The van der Waals surface area contributed by atoms with E-state index < -0.39 is 0 Å². The summed E-state index contributed by atoms with van der Waals surface area (Å²) in [7, 11) is 0. The molecular weight excluding hydrogens is 334 g/mol. The molecule has 0 aliphatic carbocycles. The van der Waals surface area contributed by atoms with E-state index in [1.54, 1.807) is 0 Å². The fourth-order valence-corrected chi connectivity index (χ4v) is 3.96. The van der Waals surface area contributed by atoms with Crippen molar-refractivity contribution >= 4 is 5.91 Å². The number of rotatable bonds is 2. The number of aromatic nitrogens is 4. The molecule has 0 spiro atoms. The van der Waals surface area contributed by atoms with Crippen LogP contribution in [0.25, 0.3) is 0 Å². The minimum Gasteiger partial charge on any atom is -0.369 e. The van der Waals surface area contributed by atoms with Gasteiger partial charge in [-0.15, -0.1) is 0 Å². The molecule has 8 nitrogen and oxygen atoms in total. The monoisotopic (exact) mass is 359 g/mol. The molecule has 0 bridgehead atoms. The van der Waals surface area contributed by atoms with Gasteiger partial charge < -0.3 is 14.2 Å². The summed E-state index contributed by atoms with van der Waals surface area (Å²) >= 11 is 0. The molecule has 0 saturated carbocycles. The van der Waals surface area contributed by atoms with Crippen LogP contribution in [0.1, 0.15) is 73.2 Å². The van der Waals surface area contributed by atoms with Gasteiger partial charge in [0.05, 0.1) is 23.3 Å². The molecule has 26 heavy (non-hydrogen) atoms. The van der Waals surface area contributed by atoms with E-state index >= 15 is 0 Å². The largest absolute Gasteiger partial charge is 0.369 e. The third-order valence-corrected chi connectivity index (χ3v) is 5.63. The molecule has 140 valence electrons. The highest BCUT2D eigenvalue weighted by Crippen LogP contribution is 2.35. The molecule has 2 aliphatic rings. The van der Waals surface area contributed by atoms with Crippen molar-refractivity contribution in [1.29, 1.82) is 0 Å². The quantitative estimate of drug-likeness (QED) is 0.884. The Hall–Kier alpha value is -2.22. The number of nitrogens with zero attached hydrogens (tertiary/aromatic N) is 4. The summed E-state index contributed by atoms with van der Waals surface area (Å²) in [6, 6.07) is 0. The first kappa shape index (κ1) is 17.2. The third kappa shape index (κ3) is 2.82. The zero-order chi connectivity index (χ0) is 18.5. The van der Waals surface area contributed by atoms with Crippen molar-refractivity contribution in [1.82, 2.24) is 25.2 Å². The van der Waals surface area contributed by atoms with Crippen molar-refractivity contribution in [2.24, 2.45) is 0 Å². The topological polar surface area (TPSA) is 97.1 Å². The van der Waals surface area contributed by atoms with Crippen LogP contribution < -0.4 is 0 Å². The lowest BCUT2D eigenvalue weighted by atomic mass is 9.80. The molecule has 0 radical (unpaired) electrons. The molecule has 1 fully saturated rings. The molecule has 2 aromatic heterocycles. The number of aromatic amines is 1. The van der Waals surface area contributed by atoms with Crippen LogP contribution >= 0.6 is 0 Å². The number of aryl methyl sites for hydroxylation is 1. The van der Waals surface area contributed by atoms with E-state index in [0.29, 0.717) is 36.9 Å². The standard InChI is InChI=1S/C18H25N5O3/c1-10-9-13-14(11(2)25-10)20-21-15(13)16(24)23-7-5-18(4,6-8-23)17-19-12(3)22-26-17/h10-11H,5-9H2,1-4H3,(H,20,21)/t10-,11+/m1/s1. The number of likely N-dealkylation sites (tertiary alicyclic amines) is 1. The second-order valence-electron chi connectivity index (χ2n) is 7.76. The summed E-state index contributed by atoms with van der Waals surface area (Å²) < 4.78 is 11.2. The van der Waals surface area contributed by atoms with Crippen molar-refractivity contribution < 1.29 is 14.1 Å². The van der Waals surface area contributed by atoms with E-state index in [4.69, 9.17) is 9.26 Å². The lowest BCUT2D eigenvalue weighted by Crippen LogP contribution is -2.44. The molecular formula is C18H25N5O3. The van der Waals surface area contributed by atoms with E-state index in [0.717, 1.165) is 24.1 Å². The normalized spacial score (nSPS) is 25.2. The number of hydrogen-bond acceptors (Lipinski definition) is 6. The van der Waals surface area contributed by atoms with Crippen LogP contribution in [0.4, 0.5) is 0 Å². The first-order chi connectivity index (χ1) is 12.4. The zero-order valence-electron chi connectivity index (χ0n) is 15.7. The number of ether oxygens (including phenoxy) is 1. The second-order valence-corrected chi connectivity index (χ2v) is 7.76. The fraction of sp³-hybridized carbons (Fsp3) is 0.667. The number of H-pyrrole nitrogens is 1. The van der Waals surface area contributed by atoms with Crippen LogP contribution in [0, 0.1) is 6.92 Å². The zero-order valence-corrected chi connectivity index (χ0v) is 15.7. The summed E-state index contributed by atoms with van der Waals surface area (Å²) in [5, 5.41) is 11.2. The third-order valence-electron chi connectivity index (χ3n) is 5.63. The van der Waals surface area contributed by atoms with E-state index in [2.05, 4.69) is 27.3 Å². The van der Waals surface area contributed by atoms with Gasteiger partial charge >= 0.3 is 0 Å². The van der Waals surface area contributed by atoms with Crippen molar-refractivity contribution in [2.45, 2.75) is 64.6 Å². The molecule has 1 saturated heterocycles. The average Bonchev–Trinajstić information content (AvgIpc) is 3.22. The van der Waals surface area contributed by atoms with Crippen molar-refractivity contribution in [2.75, 3.05) is 13.1 Å². The maximum Gasteiger partial charge on any atom is 0.274 e. The number of hydrogen-bond donors (Lipinski definition) is 1. The van der Waals surface area contributed by atoms with Gasteiger partial charge in [0.15, 0.2) is 11.5 Å². The Bertz CT molecular complexity index is 819. The number of carbonyl (C=O) groups is 1. The van der Waals surface area contributed by atoms with Gasteiger partial charge in [0.2, 0.25) is 5.89 Å². The Balaban J connectivity index is 1.50. The van der Waals surface area contributed by atoms with Gasteiger partial charge in [0.25, 0.3) is 5.91 Å². The van der Waals surface area contributed by atoms with Gasteiger partial charge in [-0.25, -0.2) is 0 Å². The van der Waals surface area contributed by atoms with Crippen LogP contribution in [-0.4, -0.2) is 50.3 Å². The molecule has 2 atom stereocenters. The highest BCUT2D eigenvalue weighted by molar-refractivity contribution is 5.94. The number of fused-ring (bicyclic) bond motifs is 1.